The van der Waals surface area contributed by atoms with Gasteiger partial charge in [0.2, 0.25) is 0 Å². The van der Waals surface area contributed by atoms with E-state index in [1.165, 1.54) is 0 Å². The molecule has 0 saturated heterocycles. The SMILES string of the molecule is O=C(Nc1ccc2ncc(-c3csc(C(=O)O)c3)nc2n1)NC1CCCC1. The average molecular weight is 383 g/mol. The number of urea groups is 1. The minimum absolute atomic E-state index is 0.221. The molecule has 3 heterocycles. The topological polar surface area (TPSA) is 117 Å². The lowest BCUT2D eigenvalue weighted by molar-refractivity contribution is 0.0702. The molecule has 3 aromatic heterocycles. The molecule has 0 radical (unpaired) electrons. The third-order valence-electron chi connectivity index (χ3n) is 4.44. The molecule has 0 unspecified atom stereocenters. The van der Waals surface area contributed by atoms with Crippen molar-refractivity contribution in [2.75, 3.05) is 5.32 Å². The van der Waals surface area contributed by atoms with Crippen LogP contribution in [0.5, 0.6) is 0 Å². The molecule has 3 N–H and O–H groups in total. The zero-order chi connectivity index (χ0) is 18.8. The summed E-state index contributed by atoms with van der Waals surface area (Å²) in [6, 6.07) is 4.92. The van der Waals surface area contributed by atoms with Crippen LogP contribution in [0.1, 0.15) is 35.4 Å². The number of rotatable bonds is 4. The standard InChI is InChI=1S/C18H17N5O3S/c24-17(25)14-7-10(9-27-14)13-8-19-12-5-6-15(22-16(12)21-13)23-18(26)20-11-3-1-2-4-11/h5-9,11H,1-4H2,(H,24,25)(H2,20,21,22,23,26). The predicted molar refractivity (Wildman–Crippen MR) is 102 cm³/mol. The van der Waals surface area contributed by atoms with Gasteiger partial charge in [-0.05, 0) is 31.0 Å². The van der Waals surface area contributed by atoms with Crippen molar-refractivity contribution >= 4 is 40.3 Å². The van der Waals surface area contributed by atoms with Gasteiger partial charge in [-0.15, -0.1) is 11.3 Å². The summed E-state index contributed by atoms with van der Waals surface area (Å²) in [6.45, 7) is 0. The number of nitrogens with zero attached hydrogens (tertiary/aromatic N) is 3. The van der Waals surface area contributed by atoms with E-state index in [0.29, 0.717) is 28.2 Å². The van der Waals surface area contributed by atoms with E-state index in [0.717, 1.165) is 37.0 Å². The molecule has 1 aliphatic carbocycles. The van der Waals surface area contributed by atoms with E-state index in [4.69, 9.17) is 5.11 Å². The molecule has 2 amide bonds. The maximum absolute atomic E-state index is 12.1. The average Bonchev–Trinajstić information content (AvgIpc) is 3.33. The molecule has 3 aromatic rings. The Morgan fingerprint density at radius 2 is 2.00 bits per heavy atom. The van der Waals surface area contributed by atoms with Crippen LogP contribution >= 0.6 is 11.3 Å². The zero-order valence-electron chi connectivity index (χ0n) is 14.3. The molecule has 138 valence electrons. The number of amides is 2. The summed E-state index contributed by atoms with van der Waals surface area (Å²) in [4.78, 5) is 36.5. The van der Waals surface area contributed by atoms with Crippen LogP contribution in [-0.4, -0.2) is 38.1 Å². The highest BCUT2D eigenvalue weighted by atomic mass is 32.1. The van der Waals surface area contributed by atoms with Crippen molar-refractivity contribution in [1.82, 2.24) is 20.3 Å². The van der Waals surface area contributed by atoms with Gasteiger partial charge >= 0.3 is 12.0 Å². The molecule has 0 aromatic carbocycles. The Morgan fingerprint density at radius 1 is 1.19 bits per heavy atom. The van der Waals surface area contributed by atoms with Gasteiger partial charge in [0.1, 0.15) is 16.2 Å². The highest BCUT2D eigenvalue weighted by Crippen LogP contribution is 2.25. The molecule has 4 rings (SSSR count). The number of thiophene rings is 1. The largest absolute Gasteiger partial charge is 0.477 e. The molecular formula is C18H17N5O3S. The molecule has 1 saturated carbocycles. The quantitative estimate of drug-likeness (QED) is 0.635. The van der Waals surface area contributed by atoms with Crippen LogP contribution in [0.25, 0.3) is 22.4 Å². The van der Waals surface area contributed by atoms with Gasteiger partial charge in [0.15, 0.2) is 5.65 Å². The van der Waals surface area contributed by atoms with E-state index in [2.05, 4.69) is 25.6 Å². The Morgan fingerprint density at radius 3 is 2.74 bits per heavy atom. The maximum Gasteiger partial charge on any atom is 0.345 e. The smallest absolute Gasteiger partial charge is 0.345 e. The fourth-order valence-corrected chi connectivity index (χ4v) is 3.84. The first kappa shape index (κ1) is 17.3. The summed E-state index contributed by atoms with van der Waals surface area (Å²) in [7, 11) is 0. The number of carboxylic acids is 1. The fourth-order valence-electron chi connectivity index (χ4n) is 3.10. The monoisotopic (exact) mass is 383 g/mol. The van der Waals surface area contributed by atoms with Crippen LogP contribution in [-0.2, 0) is 0 Å². The van der Waals surface area contributed by atoms with E-state index in [1.54, 1.807) is 29.8 Å². The minimum Gasteiger partial charge on any atom is -0.477 e. The number of hydrogen-bond donors (Lipinski definition) is 3. The van der Waals surface area contributed by atoms with Gasteiger partial charge in [0, 0.05) is 17.0 Å². The summed E-state index contributed by atoms with van der Waals surface area (Å²) >= 11 is 1.13. The lowest BCUT2D eigenvalue weighted by Gasteiger charge is -2.12. The molecule has 0 spiro atoms. The van der Waals surface area contributed by atoms with Crippen molar-refractivity contribution in [3.8, 4) is 11.3 Å². The van der Waals surface area contributed by atoms with Gasteiger partial charge < -0.3 is 10.4 Å². The van der Waals surface area contributed by atoms with Crippen LogP contribution in [0.2, 0.25) is 0 Å². The van der Waals surface area contributed by atoms with E-state index in [9.17, 15) is 9.59 Å². The minimum atomic E-state index is -0.974. The zero-order valence-corrected chi connectivity index (χ0v) is 15.1. The fraction of sp³-hybridized carbons (Fsp3) is 0.278. The Balaban J connectivity index is 1.55. The van der Waals surface area contributed by atoms with Gasteiger partial charge in [0.25, 0.3) is 0 Å². The van der Waals surface area contributed by atoms with Crippen LogP contribution in [0, 0.1) is 0 Å². The van der Waals surface area contributed by atoms with Crippen LogP contribution < -0.4 is 10.6 Å². The first-order chi connectivity index (χ1) is 13.1. The third kappa shape index (κ3) is 3.87. The first-order valence-corrected chi connectivity index (χ1v) is 9.50. The van der Waals surface area contributed by atoms with E-state index in [-0.39, 0.29) is 17.0 Å². The van der Waals surface area contributed by atoms with Gasteiger partial charge in [-0.3, -0.25) is 10.3 Å². The predicted octanol–water partition coefficient (Wildman–Crippen LogP) is 3.52. The number of anilines is 1. The van der Waals surface area contributed by atoms with Crippen LogP contribution in [0.15, 0.2) is 29.8 Å². The first-order valence-electron chi connectivity index (χ1n) is 8.62. The number of carbonyl (C=O) groups is 2. The van der Waals surface area contributed by atoms with Crippen molar-refractivity contribution in [3.63, 3.8) is 0 Å². The summed E-state index contributed by atoms with van der Waals surface area (Å²) in [6.07, 6.45) is 5.88. The Hall–Kier alpha value is -3.07. The Bertz CT molecular complexity index is 1010. The van der Waals surface area contributed by atoms with Gasteiger partial charge in [-0.2, -0.15) is 0 Å². The molecule has 0 bridgehead atoms. The van der Waals surface area contributed by atoms with Crippen molar-refractivity contribution < 1.29 is 14.7 Å². The van der Waals surface area contributed by atoms with Crippen molar-refractivity contribution in [2.45, 2.75) is 31.7 Å². The van der Waals surface area contributed by atoms with E-state index in [1.807, 2.05) is 0 Å². The maximum atomic E-state index is 12.1. The number of pyridine rings is 1. The number of nitrogens with one attached hydrogen (secondary N) is 2. The van der Waals surface area contributed by atoms with Crippen LogP contribution in [0.3, 0.4) is 0 Å². The highest BCUT2D eigenvalue weighted by molar-refractivity contribution is 7.12. The molecule has 27 heavy (non-hydrogen) atoms. The molecule has 0 aliphatic heterocycles. The number of hydrogen-bond acceptors (Lipinski definition) is 6. The summed E-state index contributed by atoms with van der Waals surface area (Å²) in [5.41, 5.74) is 2.18. The van der Waals surface area contributed by atoms with Crippen LogP contribution in [0.4, 0.5) is 10.6 Å². The number of carbonyl (C=O) groups excluding carboxylic acids is 1. The normalized spacial score (nSPS) is 14.4. The Kier molecular flexibility index (Phi) is 4.68. The number of aromatic nitrogens is 3. The van der Waals surface area contributed by atoms with Crippen molar-refractivity contribution in [1.29, 1.82) is 0 Å². The van der Waals surface area contributed by atoms with Gasteiger partial charge in [-0.1, -0.05) is 12.8 Å². The lowest BCUT2D eigenvalue weighted by atomic mass is 10.2. The van der Waals surface area contributed by atoms with E-state index >= 15 is 0 Å². The second-order valence-corrected chi connectivity index (χ2v) is 7.29. The second-order valence-electron chi connectivity index (χ2n) is 6.38. The molecular weight excluding hydrogens is 366 g/mol. The lowest BCUT2D eigenvalue weighted by Crippen LogP contribution is -2.36. The summed E-state index contributed by atoms with van der Waals surface area (Å²) in [5.74, 6) is -0.584. The van der Waals surface area contributed by atoms with Crippen molar-refractivity contribution in [2.24, 2.45) is 0 Å². The summed E-state index contributed by atoms with van der Waals surface area (Å²) < 4.78 is 0. The number of carboxylic acid groups (broad SMARTS) is 1. The highest BCUT2D eigenvalue weighted by Gasteiger charge is 2.17. The van der Waals surface area contributed by atoms with Gasteiger partial charge in [0.05, 0.1) is 11.9 Å². The molecule has 9 heteroatoms. The second kappa shape index (κ2) is 7.28. The number of aromatic carboxylic acids is 1. The summed E-state index contributed by atoms with van der Waals surface area (Å²) in [5, 5.41) is 16.5. The molecule has 1 aliphatic rings. The molecule has 0 atom stereocenters. The van der Waals surface area contributed by atoms with E-state index < -0.39 is 5.97 Å². The van der Waals surface area contributed by atoms with Gasteiger partial charge in [-0.25, -0.2) is 19.6 Å². The van der Waals surface area contributed by atoms with Crippen molar-refractivity contribution in [3.05, 3.63) is 34.7 Å². The molecule has 1 fully saturated rings. The third-order valence-corrected chi connectivity index (χ3v) is 5.36. The Labute approximate surface area is 158 Å². The number of fused-ring (bicyclic) bond motifs is 1. The molecule has 8 nitrogen and oxygen atoms in total.